The number of hydrogen-bond acceptors (Lipinski definition) is 2. The summed E-state index contributed by atoms with van der Waals surface area (Å²) in [5.74, 6) is -0.394. The van der Waals surface area contributed by atoms with Crippen LogP contribution in [0.25, 0.3) is 11.3 Å². The van der Waals surface area contributed by atoms with Crippen molar-refractivity contribution in [2.45, 2.75) is 19.9 Å². The second kappa shape index (κ2) is 3.96. The predicted molar refractivity (Wildman–Crippen MR) is 62.4 cm³/mol. The van der Waals surface area contributed by atoms with Crippen molar-refractivity contribution < 1.29 is 4.39 Å². The Kier molecular flexibility index (Phi) is 2.64. The molecule has 0 saturated carbocycles. The van der Waals surface area contributed by atoms with E-state index in [0.29, 0.717) is 0 Å². The summed E-state index contributed by atoms with van der Waals surface area (Å²) in [6, 6.07) is 6.91. The van der Waals surface area contributed by atoms with Crippen molar-refractivity contribution in [3.05, 3.63) is 36.3 Å². The van der Waals surface area contributed by atoms with Crippen LogP contribution in [0.3, 0.4) is 0 Å². The first-order valence-electron chi connectivity index (χ1n) is 5.18. The lowest BCUT2D eigenvalue weighted by molar-refractivity contribution is 0.538. The average molecular weight is 219 g/mol. The van der Waals surface area contributed by atoms with Gasteiger partial charge in [-0.25, -0.2) is 4.39 Å². The highest BCUT2D eigenvalue weighted by Gasteiger charge is 2.09. The summed E-state index contributed by atoms with van der Waals surface area (Å²) in [7, 11) is 0. The van der Waals surface area contributed by atoms with E-state index >= 15 is 0 Å². The third kappa shape index (κ3) is 1.78. The molecule has 1 aromatic heterocycles. The lowest BCUT2D eigenvalue weighted by Gasteiger charge is -2.11. The van der Waals surface area contributed by atoms with Crippen LogP contribution >= 0.6 is 0 Å². The van der Waals surface area contributed by atoms with Crippen molar-refractivity contribution in [2.24, 2.45) is 0 Å². The van der Waals surface area contributed by atoms with E-state index < -0.39 is 5.82 Å². The van der Waals surface area contributed by atoms with Crippen LogP contribution in [0, 0.1) is 5.82 Å². The Morgan fingerprint density at radius 2 is 2.06 bits per heavy atom. The van der Waals surface area contributed by atoms with Crippen molar-refractivity contribution >= 4 is 5.69 Å². The largest absolute Gasteiger partial charge is 0.396 e. The maximum Gasteiger partial charge on any atom is 0.146 e. The van der Waals surface area contributed by atoms with Gasteiger partial charge in [0, 0.05) is 17.8 Å². The number of benzene rings is 1. The molecule has 0 aliphatic heterocycles. The van der Waals surface area contributed by atoms with Crippen molar-refractivity contribution in [1.29, 1.82) is 0 Å². The minimum Gasteiger partial charge on any atom is -0.396 e. The number of halogens is 1. The standard InChI is InChI=1S/C12H14FN3/c1-8(2)16-12(5-6-15-16)9-3-4-11(14)10(13)7-9/h3-8H,14H2,1-2H3. The predicted octanol–water partition coefficient (Wildman–Crippen LogP) is 2.85. The van der Waals surface area contributed by atoms with Gasteiger partial charge in [0.05, 0.1) is 11.4 Å². The summed E-state index contributed by atoms with van der Waals surface area (Å²) in [6.45, 7) is 4.06. The number of nitrogens with zero attached hydrogens (tertiary/aromatic N) is 2. The third-order valence-corrected chi connectivity index (χ3v) is 2.46. The van der Waals surface area contributed by atoms with E-state index in [9.17, 15) is 4.39 Å². The van der Waals surface area contributed by atoms with Crippen LogP contribution in [0.2, 0.25) is 0 Å². The van der Waals surface area contributed by atoms with E-state index in [1.54, 1.807) is 18.3 Å². The van der Waals surface area contributed by atoms with Gasteiger partial charge in [-0.2, -0.15) is 5.10 Å². The first-order valence-corrected chi connectivity index (χ1v) is 5.18. The van der Waals surface area contributed by atoms with E-state index in [0.717, 1.165) is 11.3 Å². The summed E-state index contributed by atoms with van der Waals surface area (Å²) in [4.78, 5) is 0. The van der Waals surface area contributed by atoms with Gasteiger partial charge in [0.25, 0.3) is 0 Å². The Balaban J connectivity index is 2.50. The maximum absolute atomic E-state index is 13.3. The van der Waals surface area contributed by atoms with Crippen LogP contribution in [-0.2, 0) is 0 Å². The quantitative estimate of drug-likeness (QED) is 0.789. The van der Waals surface area contributed by atoms with Crippen LogP contribution in [0.1, 0.15) is 19.9 Å². The molecule has 0 aliphatic rings. The van der Waals surface area contributed by atoms with E-state index in [1.807, 2.05) is 24.6 Å². The zero-order chi connectivity index (χ0) is 11.7. The lowest BCUT2D eigenvalue weighted by atomic mass is 10.1. The second-order valence-electron chi connectivity index (χ2n) is 3.99. The molecule has 84 valence electrons. The molecular formula is C12H14FN3. The number of nitrogens with two attached hydrogens (primary N) is 1. The zero-order valence-corrected chi connectivity index (χ0v) is 9.31. The van der Waals surface area contributed by atoms with Crippen LogP contribution in [-0.4, -0.2) is 9.78 Å². The fourth-order valence-corrected chi connectivity index (χ4v) is 1.64. The second-order valence-corrected chi connectivity index (χ2v) is 3.99. The topological polar surface area (TPSA) is 43.8 Å². The number of hydrogen-bond donors (Lipinski definition) is 1. The molecular weight excluding hydrogens is 205 g/mol. The Labute approximate surface area is 93.7 Å². The summed E-state index contributed by atoms with van der Waals surface area (Å²) < 4.78 is 15.2. The van der Waals surface area contributed by atoms with Gasteiger partial charge in [-0.3, -0.25) is 4.68 Å². The van der Waals surface area contributed by atoms with Gasteiger partial charge in [0.15, 0.2) is 0 Å². The zero-order valence-electron chi connectivity index (χ0n) is 9.31. The molecule has 0 fully saturated rings. The molecule has 4 heteroatoms. The minimum absolute atomic E-state index is 0.166. The Hall–Kier alpha value is -1.84. The molecule has 3 nitrogen and oxygen atoms in total. The van der Waals surface area contributed by atoms with Crippen LogP contribution in [0.4, 0.5) is 10.1 Å². The Morgan fingerprint density at radius 3 is 2.69 bits per heavy atom. The van der Waals surface area contributed by atoms with E-state index in [-0.39, 0.29) is 11.7 Å². The molecule has 0 saturated heterocycles. The molecule has 2 N–H and O–H groups in total. The molecule has 0 amide bonds. The first kappa shape index (κ1) is 10.7. The molecule has 16 heavy (non-hydrogen) atoms. The smallest absolute Gasteiger partial charge is 0.146 e. The highest BCUT2D eigenvalue weighted by Crippen LogP contribution is 2.24. The van der Waals surface area contributed by atoms with Gasteiger partial charge in [-0.05, 0) is 32.0 Å². The fourth-order valence-electron chi connectivity index (χ4n) is 1.64. The highest BCUT2D eigenvalue weighted by molar-refractivity contribution is 5.62. The lowest BCUT2D eigenvalue weighted by Crippen LogP contribution is -2.04. The SMILES string of the molecule is CC(C)n1nccc1-c1ccc(N)c(F)c1. The minimum atomic E-state index is -0.394. The van der Waals surface area contributed by atoms with E-state index in [1.165, 1.54) is 6.07 Å². The Bertz CT molecular complexity index is 503. The molecule has 0 spiro atoms. The highest BCUT2D eigenvalue weighted by atomic mass is 19.1. The van der Waals surface area contributed by atoms with E-state index in [2.05, 4.69) is 5.10 Å². The number of nitrogen functional groups attached to an aromatic ring is 1. The maximum atomic E-state index is 13.3. The summed E-state index contributed by atoms with van der Waals surface area (Å²) in [6.07, 6.45) is 1.71. The van der Waals surface area contributed by atoms with Crippen LogP contribution in [0.15, 0.2) is 30.5 Å². The summed E-state index contributed by atoms with van der Waals surface area (Å²) >= 11 is 0. The van der Waals surface area contributed by atoms with Crippen LogP contribution in [0.5, 0.6) is 0 Å². The molecule has 1 aromatic carbocycles. The van der Waals surface area contributed by atoms with E-state index in [4.69, 9.17) is 5.73 Å². The molecule has 0 unspecified atom stereocenters. The average Bonchev–Trinajstić information content (AvgIpc) is 2.71. The third-order valence-electron chi connectivity index (χ3n) is 2.46. The molecule has 1 heterocycles. The van der Waals surface area contributed by atoms with Crippen LogP contribution < -0.4 is 5.73 Å². The van der Waals surface area contributed by atoms with Crippen molar-refractivity contribution in [3.63, 3.8) is 0 Å². The molecule has 2 aromatic rings. The monoisotopic (exact) mass is 219 g/mol. The van der Waals surface area contributed by atoms with Gasteiger partial charge in [-0.1, -0.05) is 6.07 Å². The fraction of sp³-hybridized carbons (Fsp3) is 0.250. The molecule has 0 bridgehead atoms. The molecule has 0 atom stereocenters. The number of rotatable bonds is 2. The molecule has 0 radical (unpaired) electrons. The van der Waals surface area contributed by atoms with Gasteiger partial charge in [0.1, 0.15) is 5.82 Å². The van der Waals surface area contributed by atoms with Crippen molar-refractivity contribution in [1.82, 2.24) is 9.78 Å². The van der Waals surface area contributed by atoms with Crippen molar-refractivity contribution in [2.75, 3.05) is 5.73 Å². The van der Waals surface area contributed by atoms with Gasteiger partial charge < -0.3 is 5.73 Å². The molecule has 2 rings (SSSR count). The normalized spacial score (nSPS) is 11.0. The number of anilines is 1. The first-order chi connectivity index (χ1) is 7.59. The Morgan fingerprint density at radius 1 is 1.31 bits per heavy atom. The number of aromatic nitrogens is 2. The van der Waals surface area contributed by atoms with Crippen molar-refractivity contribution in [3.8, 4) is 11.3 Å². The van der Waals surface area contributed by atoms with Gasteiger partial charge in [-0.15, -0.1) is 0 Å². The summed E-state index contributed by atoms with van der Waals surface area (Å²) in [5, 5.41) is 4.21. The molecule has 0 aliphatic carbocycles. The van der Waals surface area contributed by atoms with Gasteiger partial charge >= 0.3 is 0 Å². The van der Waals surface area contributed by atoms with Gasteiger partial charge in [0.2, 0.25) is 0 Å². The summed E-state index contributed by atoms with van der Waals surface area (Å²) in [5.41, 5.74) is 7.30.